The average molecular weight is 344 g/mol. The number of aryl methyl sites for hydroxylation is 1. The van der Waals surface area contributed by atoms with Crippen molar-refractivity contribution in [3.8, 4) is 0 Å². The van der Waals surface area contributed by atoms with E-state index in [0.717, 1.165) is 49.2 Å². The molecule has 136 valence electrons. The van der Waals surface area contributed by atoms with Crippen LogP contribution in [0.3, 0.4) is 0 Å². The van der Waals surface area contributed by atoms with E-state index in [1.54, 1.807) is 11.1 Å². The zero-order chi connectivity index (χ0) is 18.0. The van der Waals surface area contributed by atoms with Crippen LogP contribution in [0.1, 0.15) is 38.4 Å². The van der Waals surface area contributed by atoms with Gasteiger partial charge in [-0.2, -0.15) is 0 Å². The van der Waals surface area contributed by atoms with E-state index < -0.39 is 0 Å². The second kappa shape index (κ2) is 7.41. The van der Waals surface area contributed by atoms with Crippen molar-refractivity contribution in [3.05, 3.63) is 23.7 Å². The van der Waals surface area contributed by atoms with Crippen molar-refractivity contribution in [1.29, 1.82) is 0 Å². The van der Waals surface area contributed by atoms with Gasteiger partial charge >= 0.3 is 0 Å². The Kier molecular flexibility index (Phi) is 5.24. The number of likely N-dealkylation sites (N-methyl/N-ethyl adjacent to an activating group) is 2. The Hall–Kier alpha value is -2.12. The highest BCUT2D eigenvalue weighted by Gasteiger charge is 2.19. The lowest BCUT2D eigenvalue weighted by molar-refractivity contribution is -0.157. The first-order valence-electron chi connectivity index (χ1n) is 8.96. The van der Waals surface area contributed by atoms with Crippen LogP contribution < -0.4 is 10.7 Å². The molecule has 0 spiro atoms. The Bertz CT molecular complexity index is 767. The van der Waals surface area contributed by atoms with Gasteiger partial charge in [-0.15, -0.1) is 9.79 Å². The number of hydrogen-bond acceptors (Lipinski definition) is 6. The molecule has 2 aromatic rings. The molecule has 0 amide bonds. The van der Waals surface area contributed by atoms with Crippen molar-refractivity contribution < 1.29 is 4.94 Å². The fraction of sp³-hybridized carbons (Fsp3) is 0.556. The molecule has 0 aromatic carbocycles. The lowest BCUT2D eigenvalue weighted by Gasteiger charge is -2.26. The molecule has 1 aliphatic rings. The third kappa shape index (κ3) is 3.62. The number of imidazole rings is 1. The van der Waals surface area contributed by atoms with E-state index in [0.29, 0.717) is 17.4 Å². The maximum absolute atomic E-state index is 6.11. The predicted octanol–water partition coefficient (Wildman–Crippen LogP) is 1.98. The summed E-state index contributed by atoms with van der Waals surface area (Å²) < 4.78 is 1.72. The van der Waals surface area contributed by atoms with E-state index in [1.807, 2.05) is 5.06 Å². The molecule has 2 N–H and O–H groups in total. The van der Waals surface area contributed by atoms with E-state index in [4.69, 9.17) is 10.7 Å². The monoisotopic (exact) mass is 344 g/mol. The molecule has 0 aliphatic heterocycles. The van der Waals surface area contributed by atoms with Crippen LogP contribution >= 0.6 is 0 Å². The van der Waals surface area contributed by atoms with Crippen LogP contribution in [-0.4, -0.2) is 57.4 Å². The molecule has 2 aromatic heterocycles. The first-order valence-corrected chi connectivity index (χ1v) is 8.96. The Morgan fingerprint density at radius 1 is 1.36 bits per heavy atom. The van der Waals surface area contributed by atoms with Gasteiger partial charge in [-0.3, -0.25) is 0 Å². The number of anilines is 1. The highest BCUT2D eigenvalue weighted by atomic mass is 16.8. The van der Waals surface area contributed by atoms with Gasteiger partial charge in [-0.1, -0.05) is 12.2 Å². The van der Waals surface area contributed by atoms with Crippen LogP contribution in [0.25, 0.3) is 17.1 Å². The minimum absolute atomic E-state index is 0.467. The molecule has 2 heterocycles. The van der Waals surface area contributed by atoms with E-state index in [2.05, 4.69) is 54.8 Å². The van der Waals surface area contributed by atoms with Crippen LogP contribution in [0.2, 0.25) is 0 Å². The highest BCUT2D eigenvalue weighted by molar-refractivity contribution is 5.92. The van der Waals surface area contributed by atoms with E-state index in [9.17, 15) is 0 Å². The fourth-order valence-electron chi connectivity index (χ4n) is 2.92. The molecule has 7 heteroatoms. The van der Waals surface area contributed by atoms with Crippen LogP contribution in [0, 0.1) is 0 Å². The van der Waals surface area contributed by atoms with Crippen molar-refractivity contribution >= 4 is 22.9 Å². The molecule has 7 nitrogen and oxygen atoms in total. The summed E-state index contributed by atoms with van der Waals surface area (Å²) in [5.41, 5.74) is 9.77. The summed E-state index contributed by atoms with van der Waals surface area (Å²) in [5.74, 6) is 0.467. The van der Waals surface area contributed by atoms with Gasteiger partial charge in [0, 0.05) is 31.2 Å². The number of aromatic nitrogens is 3. The molecular formula is C18H28N6O. The van der Waals surface area contributed by atoms with Crippen molar-refractivity contribution in [1.82, 2.24) is 24.7 Å². The first kappa shape index (κ1) is 17.7. The van der Waals surface area contributed by atoms with Gasteiger partial charge < -0.3 is 15.6 Å². The Balaban J connectivity index is 1.86. The molecule has 0 atom stereocenters. The summed E-state index contributed by atoms with van der Waals surface area (Å²) >= 11 is 0. The topological polar surface area (TPSA) is 72.4 Å². The van der Waals surface area contributed by atoms with Crippen molar-refractivity contribution in [2.24, 2.45) is 0 Å². The summed E-state index contributed by atoms with van der Waals surface area (Å²) in [6, 6.07) is 0.510. The fourth-order valence-corrected chi connectivity index (χ4v) is 2.92. The number of pyridine rings is 1. The van der Waals surface area contributed by atoms with Crippen LogP contribution in [-0.2, 0) is 6.42 Å². The molecule has 0 radical (unpaired) electrons. The summed E-state index contributed by atoms with van der Waals surface area (Å²) in [6.07, 6.45) is 7.82. The van der Waals surface area contributed by atoms with Gasteiger partial charge in [0.2, 0.25) is 0 Å². The quantitative estimate of drug-likeness (QED) is 0.775. The summed E-state index contributed by atoms with van der Waals surface area (Å²) in [5, 5.41) is 1.94. The standard InChI is InChI=1S/C18H28N6O/c1-5-23(11-10-22(4)13(2)3)25-24-12-20-16-17(24)14-8-6-7-9-15(14)21-18(16)19/h6,8,12-13H,5,7,9-11H2,1-4H3,(H2,19,21). The molecule has 0 bridgehead atoms. The molecule has 0 unspecified atom stereocenters. The van der Waals surface area contributed by atoms with Gasteiger partial charge in [0.1, 0.15) is 17.4 Å². The number of hydroxylamine groups is 2. The van der Waals surface area contributed by atoms with Gasteiger partial charge in [0.15, 0.2) is 5.82 Å². The van der Waals surface area contributed by atoms with Gasteiger partial charge in [0.25, 0.3) is 0 Å². The van der Waals surface area contributed by atoms with E-state index >= 15 is 0 Å². The average Bonchev–Trinajstić information content (AvgIpc) is 3.03. The number of fused-ring (bicyclic) bond motifs is 3. The lowest BCUT2D eigenvalue weighted by atomic mass is 10.0. The van der Waals surface area contributed by atoms with Gasteiger partial charge in [0.05, 0.1) is 5.69 Å². The number of nitrogen functional groups attached to an aromatic ring is 1. The van der Waals surface area contributed by atoms with Crippen LogP contribution in [0.15, 0.2) is 12.4 Å². The molecule has 25 heavy (non-hydrogen) atoms. The summed E-state index contributed by atoms with van der Waals surface area (Å²) in [4.78, 5) is 17.3. The predicted molar refractivity (Wildman–Crippen MR) is 101 cm³/mol. The molecule has 0 saturated carbocycles. The largest absolute Gasteiger partial charge is 0.382 e. The van der Waals surface area contributed by atoms with E-state index in [1.165, 1.54) is 0 Å². The first-order chi connectivity index (χ1) is 12.0. The molecule has 0 fully saturated rings. The summed E-state index contributed by atoms with van der Waals surface area (Å²) in [7, 11) is 2.12. The molecule has 1 aliphatic carbocycles. The number of nitrogens with two attached hydrogens (primary N) is 1. The number of allylic oxidation sites excluding steroid dienone is 1. The Morgan fingerprint density at radius 2 is 2.16 bits per heavy atom. The number of hydrogen-bond donors (Lipinski definition) is 1. The van der Waals surface area contributed by atoms with Crippen molar-refractivity contribution in [2.75, 3.05) is 32.4 Å². The minimum Gasteiger partial charge on any atom is -0.382 e. The van der Waals surface area contributed by atoms with Gasteiger partial charge in [-0.05, 0) is 40.7 Å². The second-order valence-corrected chi connectivity index (χ2v) is 6.74. The van der Waals surface area contributed by atoms with Crippen molar-refractivity contribution in [3.63, 3.8) is 0 Å². The maximum atomic E-state index is 6.11. The number of rotatable bonds is 7. The minimum atomic E-state index is 0.467. The summed E-state index contributed by atoms with van der Waals surface area (Å²) in [6.45, 7) is 8.98. The van der Waals surface area contributed by atoms with Crippen molar-refractivity contribution in [2.45, 2.75) is 39.7 Å². The second-order valence-electron chi connectivity index (χ2n) is 6.74. The maximum Gasteiger partial charge on any atom is 0.152 e. The molecular weight excluding hydrogens is 316 g/mol. The van der Waals surface area contributed by atoms with Crippen LogP contribution in [0.5, 0.6) is 0 Å². The zero-order valence-corrected chi connectivity index (χ0v) is 15.6. The highest BCUT2D eigenvalue weighted by Crippen LogP contribution is 2.28. The molecule has 0 saturated heterocycles. The Morgan fingerprint density at radius 3 is 2.88 bits per heavy atom. The normalized spacial score (nSPS) is 14.0. The lowest BCUT2D eigenvalue weighted by Crippen LogP contribution is -2.40. The smallest absolute Gasteiger partial charge is 0.152 e. The number of nitrogens with zero attached hydrogens (tertiary/aromatic N) is 5. The third-order valence-corrected chi connectivity index (χ3v) is 4.77. The van der Waals surface area contributed by atoms with E-state index in [-0.39, 0.29) is 0 Å². The van der Waals surface area contributed by atoms with Gasteiger partial charge in [-0.25, -0.2) is 9.97 Å². The molecule has 3 rings (SSSR count). The SMILES string of the molecule is CCN(CCN(C)C(C)C)On1cnc2c(N)nc3c(c21)C=CCC3. The third-order valence-electron chi connectivity index (χ3n) is 4.77. The Labute approximate surface area is 149 Å². The zero-order valence-electron chi connectivity index (χ0n) is 15.6. The van der Waals surface area contributed by atoms with Crippen LogP contribution in [0.4, 0.5) is 5.82 Å².